The fraction of sp³-hybridized carbons (Fsp3) is 0.312. The molecular formula is C16H20N2O. The summed E-state index contributed by atoms with van der Waals surface area (Å²) in [5.41, 5.74) is 2.31. The van der Waals surface area contributed by atoms with Crippen molar-refractivity contribution in [3.63, 3.8) is 0 Å². The Morgan fingerprint density at radius 1 is 1.11 bits per heavy atom. The van der Waals surface area contributed by atoms with Crippen LogP contribution in [0.3, 0.4) is 0 Å². The summed E-state index contributed by atoms with van der Waals surface area (Å²) in [6.07, 6.45) is 4.66. The maximum absolute atomic E-state index is 5.56. The molecule has 0 aliphatic rings. The lowest BCUT2D eigenvalue weighted by atomic mass is 10.1. The summed E-state index contributed by atoms with van der Waals surface area (Å²) in [6.45, 7) is 5.00. The highest BCUT2D eigenvalue weighted by molar-refractivity contribution is 5.48. The maximum atomic E-state index is 5.56. The van der Waals surface area contributed by atoms with Gasteiger partial charge in [-0.1, -0.05) is 6.92 Å². The number of ether oxygens (including phenoxy) is 1. The molecule has 2 rings (SSSR count). The maximum Gasteiger partial charge on any atom is 0.119 e. The molecule has 1 unspecified atom stereocenters. The zero-order chi connectivity index (χ0) is 13.5. The first-order chi connectivity index (χ1) is 9.29. The van der Waals surface area contributed by atoms with Crippen molar-refractivity contribution in [3.8, 4) is 5.75 Å². The normalized spacial score (nSPS) is 11.9. The summed E-state index contributed by atoms with van der Waals surface area (Å²) in [5, 5.41) is 3.46. The van der Waals surface area contributed by atoms with E-state index in [1.807, 2.05) is 48.8 Å². The van der Waals surface area contributed by atoms with Crippen molar-refractivity contribution in [2.45, 2.75) is 26.3 Å². The van der Waals surface area contributed by atoms with Gasteiger partial charge in [-0.3, -0.25) is 4.98 Å². The van der Waals surface area contributed by atoms with Gasteiger partial charge in [0.1, 0.15) is 5.75 Å². The third kappa shape index (κ3) is 3.98. The SMILES string of the molecule is CCCOc1ccc(NC(C)c2ccncc2)cc1. The molecule has 0 saturated heterocycles. The van der Waals surface area contributed by atoms with Crippen LogP contribution in [0.1, 0.15) is 31.9 Å². The number of anilines is 1. The van der Waals surface area contributed by atoms with Crippen molar-refractivity contribution < 1.29 is 4.74 Å². The van der Waals surface area contributed by atoms with E-state index < -0.39 is 0 Å². The van der Waals surface area contributed by atoms with Crippen LogP contribution >= 0.6 is 0 Å². The van der Waals surface area contributed by atoms with Gasteiger partial charge < -0.3 is 10.1 Å². The predicted molar refractivity (Wildman–Crippen MR) is 78.5 cm³/mol. The molecule has 0 fully saturated rings. The van der Waals surface area contributed by atoms with Crippen molar-refractivity contribution >= 4 is 5.69 Å². The second-order valence-corrected chi connectivity index (χ2v) is 4.52. The molecule has 19 heavy (non-hydrogen) atoms. The van der Waals surface area contributed by atoms with Crippen LogP contribution in [0.25, 0.3) is 0 Å². The van der Waals surface area contributed by atoms with Gasteiger partial charge in [0, 0.05) is 24.1 Å². The molecular weight excluding hydrogens is 236 g/mol. The third-order valence-electron chi connectivity index (χ3n) is 2.92. The van der Waals surface area contributed by atoms with Crippen LogP contribution in [-0.2, 0) is 0 Å². The van der Waals surface area contributed by atoms with E-state index in [1.54, 1.807) is 0 Å². The van der Waals surface area contributed by atoms with Crippen LogP contribution in [0.2, 0.25) is 0 Å². The minimum Gasteiger partial charge on any atom is -0.494 e. The molecule has 0 aliphatic heterocycles. The molecule has 0 saturated carbocycles. The first kappa shape index (κ1) is 13.4. The molecule has 1 heterocycles. The Bertz CT molecular complexity index is 482. The fourth-order valence-corrected chi connectivity index (χ4v) is 1.85. The van der Waals surface area contributed by atoms with Gasteiger partial charge in [0.2, 0.25) is 0 Å². The number of aromatic nitrogens is 1. The van der Waals surface area contributed by atoms with E-state index in [4.69, 9.17) is 4.74 Å². The van der Waals surface area contributed by atoms with E-state index in [2.05, 4.69) is 24.1 Å². The molecule has 1 aromatic carbocycles. The molecule has 0 bridgehead atoms. The van der Waals surface area contributed by atoms with Gasteiger partial charge in [-0.25, -0.2) is 0 Å². The van der Waals surface area contributed by atoms with Gasteiger partial charge in [-0.2, -0.15) is 0 Å². The van der Waals surface area contributed by atoms with Crippen LogP contribution in [-0.4, -0.2) is 11.6 Å². The van der Waals surface area contributed by atoms with E-state index in [0.29, 0.717) is 0 Å². The molecule has 3 heteroatoms. The van der Waals surface area contributed by atoms with Crippen molar-refractivity contribution in [2.24, 2.45) is 0 Å². The van der Waals surface area contributed by atoms with Crippen molar-refractivity contribution in [1.82, 2.24) is 4.98 Å². The molecule has 2 aromatic rings. The van der Waals surface area contributed by atoms with E-state index >= 15 is 0 Å². The van der Waals surface area contributed by atoms with E-state index in [0.717, 1.165) is 24.5 Å². The summed E-state index contributed by atoms with van der Waals surface area (Å²) >= 11 is 0. The molecule has 0 radical (unpaired) electrons. The highest BCUT2D eigenvalue weighted by Gasteiger charge is 2.04. The van der Waals surface area contributed by atoms with Gasteiger partial charge in [0.15, 0.2) is 0 Å². The largest absolute Gasteiger partial charge is 0.494 e. The van der Waals surface area contributed by atoms with Gasteiger partial charge in [-0.15, -0.1) is 0 Å². The van der Waals surface area contributed by atoms with Gasteiger partial charge in [-0.05, 0) is 55.3 Å². The lowest BCUT2D eigenvalue weighted by Crippen LogP contribution is -2.06. The lowest BCUT2D eigenvalue weighted by molar-refractivity contribution is 0.317. The van der Waals surface area contributed by atoms with Crippen LogP contribution in [0, 0.1) is 0 Å². The number of benzene rings is 1. The standard InChI is InChI=1S/C16H20N2O/c1-3-12-19-16-6-4-15(5-7-16)18-13(2)14-8-10-17-11-9-14/h4-11,13,18H,3,12H2,1-2H3. The molecule has 100 valence electrons. The number of hydrogen-bond donors (Lipinski definition) is 1. The second-order valence-electron chi connectivity index (χ2n) is 4.52. The topological polar surface area (TPSA) is 34.1 Å². The molecule has 0 amide bonds. The number of nitrogens with zero attached hydrogens (tertiary/aromatic N) is 1. The van der Waals surface area contributed by atoms with E-state index in [9.17, 15) is 0 Å². The number of nitrogens with one attached hydrogen (secondary N) is 1. The molecule has 1 N–H and O–H groups in total. The fourth-order valence-electron chi connectivity index (χ4n) is 1.85. The zero-order valence-electron chi connectivity index (χ0n) is 11.5. The van der Waals surface area contributed by atoms with Crippen LogP contribution in [0.15, 0.2) is 48.8 Å². The second kappa shape index (κ2) is 6.78. The summed E-state index contributed by atoms with van der Waals surface area (Å²) in [5.74, 6) is 0.920. The summed E-state index contributed by atoms with van der Waals surface area (Å²) in [4.78, 5) is 4.03. The first-order valence-corrected chi connectivity index (χ1v) is 6.69. The average molecular weight is 256 g/mol. The molecule has 3 nitrogen and oxygen atoms in total. The Morgan fingerprint density at radius 2 is 1.79 bits per heavy atom. The number of rotatable bonds is 6. The third-order valence-corrected chi connectivity index (χ3v) is 2.92. The summed E-state index contributed by atoms with van der Waals surface area (Å²) in [7, 11) is 0. The summed E-state index contributed by atoms with van der Waals surface area (Å²) in [6, 6.07) is 12.4. The molecule has 0 aliphatic carbocycles. The van der Waals surface area contributed by atoms with E-state index in [1.165, 1.54) is 5.56 Å². The quantitative estimate of drug-likeness (QED) is 0.846. The number of hydrogen-bond acceptors (Lipinski definition) is 3. The van der Waals surface area contributed by atoms with Crippen LogP contribution in [0.5, 0.6) is 5.75 Å². The Balaban J connectivity index is 1.96. The smallest absolute Gasteiger partial charge is 0.119 e. The number of pyridine rings is 1. The Kier molecular flexibility index (Phi) is 4.78. The average Bonchev–Trinajstić information content (AvgIpc) is 2.47. The predicted octanol–water partition coefficient (Wildman–Crippen LogP) is 4.04. The minimum atomic E-state index is 0.255. The first-order valence-electron chi connectivity index (χ1n) is 6.69. The Labute approximate surface area is 114 Å². The van der Waals surface area contributed by atoms with Crippen LogP contribution in [0.4, 0.5) is 5.69 Å². The highest BCUT2D eigenvalue weighted by Crippen LogP contribution is 2.21. The van der Waals surface area contributed by atoms with Gasteiger partial charge in [0.25, 0.3) is 0 Å². The van der Waals surface area contributed by atoms with E-state index in [-0.39, 0.29) is 6.04 Å². The molecule has 1 atom stereocenters. The van der Waals surface area contributed by atoms with Crippen molar-refractivity contribution in [1.29, 1.82) is 0 Å². The molecule has 0 spiro atoms. The Hall–Kier alpha value is -2.03. The Morgan fingerprint density at radius 3 is 2.42 bits per heavy atom. The summed E-state index contributed by atoms with van der Waals surface area (Å²) < 4.78 is 5.56. The van der Waals surface area contributed by atoms with Crippen LogP contribution < -0.4 is 10.1 Å². The highest BCUT2D eigenvalue weighted by atomic mass is 16.5. The van der Waals surface area contributed by atoms with Gasteiger partial charge >= 0.3 is 0 Å². The minimum absolute atomic E-state index is 0.255. The monoisotopic (exact) mass is 256 g/mol. The molecule has 1 aromatic heterocycles. The van der Waals surface area contributed by atoms with Gasteiger partial charge in [0.05, 0.1) is 6.61 Å². The van der Waals surface area contributed by atoms with Crippen molar-refractivity contribution in [2.75, 3.05) is 11.9 Å². The lowest BCUT2D eigenvalue weighted by Gasteiger charge is -2.15. The zero-order valence-corrected chi connectivity index (χ0v) is 11.5. The van der Waals surface area contributed by atoms with Crippen molar-refractivity contribution in [3.05, 3.63) is 54.4 Å².